The number of benzene rings is 2. The van der Waals surface area contributed by atoms with Gasteiger partial charge >= 0.3 is 0 Å². The van der Waals surface area contributed by atoms with Gasteiger partial charge in [0, 0.05) is 22.4 Å². The van der Waals surface area contributed by atoms with E-state index in [1.165, 1.54) is 6.07 Å². The first-order chi connectivity index (χ1) is 16.4. The van der Waals surface area contributed by atoms with Crippen LogP contribution in [0.15, 0.2) is 87.9 Å². The Balaban J connectivity index is 1.63. The number of rotatable bonds is 5. The van der Waals surface area contributed by atoms with Crippen LogP contribution in [-0.2, 0) is 0 Å². The van der Waals surface area contributed by atoms with E-state index in [0.717, 1.165) is 21.4 Å². The third-order valence-electron chi connectivity index (χ3n) is 5.80. The van der Waals surface area contributed by atoms with Crippen molar-refractivity contribution in [2.75, 3.05) is 4.90 Å². The van der Waals surface area contributed by atoms with Gasteiger partial charge in [-0.1, -0.05) is 34.1 Å². The minimum atomic E-state index is -0.405. The molecule has 9 heteroatoms. The highest BCUT2D eigenvalue weighted by molar-refractivity contribution is 9.10. The smallest absolute Gasteiger partial charge is 0.280 e. The van der Waals surface area contributed by atoms with Crippen molar-refractivity contribution < 1.29 is 9.34 Å². The van der Waals surface area contributed by atoms with Gasteiger partial charge in [-0.15, -0.1) is 0 Å². The number of aromatic nitrogens is 1. The molecule has 1 aliphatic rings. The normalized spacial score (nSPS) is 17.6. The molecule has 2 aromatic heterocycles. The molecule has 0 spiro atoms. The fourth-order valence-electron chi connectivity index (χ4n) is 4.20. The molecule has 0 saturated carbocycles. The fourth-order valence-corrected chi connectivity index (χ4v) is 4.79. The number of nitro groups is 1. The second-order valence-electron chi connectivity index (χ2n) is 7.91. The highest BCUT2D eigenvalue weighted by Crippen LogP contribution is 2.44. The maximum atomic E-state index is 11.6. The predicted octanol–water partition coefficient (Wildman–Crippen LogP) is 6.50. The number of para-hydroxylation sites is 1. The summed E-state index contributed by atoms with van der Waals surface area (Å²) in [6, 6.07) is 21.3. The topological polar surface area (TPSA) is 84.4 Å². The summed E-state index contributed by atoms with van der Waals surface area (Å²) in [5.74, 6) is 1.04. The van der Waals surface area contributed by atoms with Gasteiger partial charge in [0.05, 0.1) is 22.2 Å². The number of anilines is 1. The number of furan rings is 1. The Morgan fingerprint density at radius 3 is 2.65 bits per heavy atom. The standard InChI is InChI=1S/C25H19BrN4O3S/c1-15-14-16(9-10-18(15)26)29-24(23(28-25(29)34)19-7-4-5-13-27-19)22-12-11-21(33-22)17-6-2-3-8-20(17)30(31)32/h2-14,23-24H,1H3,(H,28,34)/t23-,24+/m0/s1. The molecule has 0 radical (unpaired) electrons. The van der Waals surface area contributed by atoms with Crippen molar-refractivity contribution in [3.8, 4) is 11.3 Å². The molecule has 0 aliphatic carbocycles. The number of nitrogens with zero attached hydrogens (tertiary/aromatic N) is 3. The number of pyridine rings is 1. The van der Waals surface area contributed by atoms with Gasteiger partial charge in [-0.2, -0.15) is 0 Å². The molecule has 1 saturated heterocycles. The van der Waals surface area contributed by atoms with E-state index in [9.17, 15) is 10.1 Å². The summed E-state index contributed by atoms with van der Waals surface area (Å²) in [5, 5.41) is 15.5. The molecule has 7 nitrogen and oxygen atoms in total. The van der Waals surface area contributed by atoms with Crippen LogP contribution in [0.4, 0.5) is 11.4 Å². The number of nitro benzene ring substituents is 1. The second kappa shape index (κ2) is 9.00. The predicted molar refractivity (Wildman–Crippen MR) is 138 cm³/mol. The van der Waals surface area contributed by atoms with Crippen molar-refractivity contribution in [2.45, 2.75) is 19.0 Å². The van der Waals surface area contributed by atoms with Crippen molar-refractivity contribution >= 4 is 44.6 Å². The van der Waals surface area contributed by atoms with Crippen LogP contribution >= 0.6 is 28.1 Å². The van der Waals surface area contributed by atoms with E-state index in [1.807, 2.05) is 48.2 Å². The molecule has 5 rings (SSSR count). The van der Waals surface area contributed by atoms with E-state index in [0.29, 0.717) is 22.2 Å². The summed E-state index contributed by atoms with van der Waals surface area (Å²) in [4.78, 5) is 17.7. The van der Waals surface area contributed by atoms with E-state index in [2.05, 4.69) is 32.3 Å². The molecule has 2 atom stereocenters. The number of hydrogen-bond donors (Lipinski definition) is 1. The monoisotopic (exact) mass is 534 g/mol. The molecule has 3 heterocycles. The van der Waals surface area contributed by atoms with Crippen LogP contribution in [0.2, 0.25) is 0 Å². The SMILES string of the molecule is Cc1cc(N2C(=S)N[C@@H](c3ccccn3)[C@H]2c2ccc(-c3ccccc3[N+](=O)[O-])o2)ccc1Br. The van der Waals surface area contributed by atoms with E-state index >= 15 is 0 Å². The zero-order valence-electron chi connectivity index (χ0n) is 18.0. The molecular weight excluding hydrogens is 516 g/mol. The summed E-state index contributed by atoms with van der Waals surface area (Å²) >= 11 is 9.31. The minimum Gasteiger partial charge on any atom is -0.459 e. The molecular formula is C25H19BrN4O3S. The Kier molecular flexibility index (Phi) is 5.89. The third kappa shape index (κ3) is 3.97. The maximum absolute atomic E-state index is 11.6. The minimum absolute atomic E-state index is 0.00913. The lowest BCUT2D eigenvalue weighted by molar-refractivity contribution is -0.384. The molecule has 4 aromatic rings. The zero-order valence-corrected chi connectivity index (χ0v) is 20.4. The van der Waals surface area contributed by atoms with Gasteiger partial charge in [-0.05, 0) is 73.2 Å². The van der Waals surface area contributed by atoms with Gasteiger partial charge in [-0.3, -0.25) is 15.1 Å². The lowest BCUT2D eigenvalue weighted by atomic mass is 10.0. The van der Waals surface area contributed by atoms with Gasteiger partial charge in [0.15, 0.2) is 5.11 Å². The van der Waals surface area contributed by atoms with E-state index in [4.69, 9.17) is 16.6 Å². The maximum Gasteiger partial charge on any atom is 0.280 e. The van der Waals surface area contributed by atoms with Gasteiger partial charge < -0.3 is 14.6 Å². The highest BCUT2D eigenvalue weighted by Gasteiger charge is 2.42. The summed E-state index contributed by atoms with van der Waals surface area (Å²) in [7, 11) is 0. The van der Waals surface area contributed by atoms with Crippen LogP contribution in [-0.4, -0.2) is 15.0 Å². The molecule has 34 heavy (non-hydrogen) atoms. The summed E-state index contributed by atoms with van der Waals surface area (Å²) in [6.07, 6.45) is 1.74. The van der Waals surface area contributed by atoms with Crippen LogP contribution in [0.1, 0.15) is 29.1 Å². The first-order valence-electron chi connectivity index (χ1n) is 10.5. The molecule has 1 fully saturated rings. The van der Waals surface area contributed by atoms with Crippen LogP contribution in [0.25, 0.3) is 11.3 Å². The number of thiocarbonyl (C=S) groups is 1. The Labute approximate surface area is 209 Å². The average Bonchev–Trinajstić information content (AvgIpc) is 3.46. The quantitative estimate of drug-likeness (QED) is 0.178. The summed E-state index contributed by atoms with van der Waals surface area (Å²) < 4.78 is 7.27. The molecule has 0 bridgehead atoms. The number of halogens is 1. The number of hydrogen-bond acceptors (Lipinski definition) is 5. The molecule has 170 valence electrons. The van der Waals surface area contributed by atoms with Gasteiger partial charge in [0.1, 0.15) is 17.6 Å². The molecule has 1 N–H and O–H groups in total. The van der Waals surface area contributed by atoms with Crippen molar-refractivity contribution in [1.82, 2.24) is 10.3 Å². The first kappa shape index (κ1) is 22.2. The zero-order chi connectivity index (χ0) is 23.8. The summed E-state index contributed by atoms with van der Waals surface area (Å²) in [5.41, 5.74) is 3.21. The van der Waals surface area contributed by atoms with Crippen LogP contribution in [0.5, 0.6) is 0 Å². The Bertz CT molecular complexity index is 1390. The number of nitrogens with one attached hydrogen (secondary N) is 1. The Hall–Kier alpha value is -3.56. The molecule has 2 aromatic carbocycles. The van der Waals surface area contributed by atoms with E-state index in [-0.39, 0.29) is 17.8 Å². The summed E-state index contributed by atoms with van der Waals surface area (Å²) in [6.45, 7) is 2.02. The Morgan fingerprint density at radius 2 is 1.91 bits per heavy atom. The molecule has 0 amide bonds. The van der Waals surface area contributed by atoms with E-state index in [1.54, 1.807) is 30.5 Å². The second-order valence-corrected chi connectivity index (χ2v) is 9.15. The van der Waals surface area contributed by atoms with Crippen molar-refractivity contribution in [3.63, 3.8) is 0 Å². The van der Waals surface area contributed by atoms with Crippen molar-refractivity contribution in [1.29, 1.82) is 0 Å². The lowest BCUT2D eigenvalue weighted by Gasteiger charge is -2.26. The average molecular weight is 535 g/mol. The molecule has 0 unspecified atom stereocenters. The van der Waals surface area contributed by atoms with E-state index < -0.39 is 4.92 Å². The molecule has 1 aliphatic heterocycles. The van der Waals surface area contributed by atoms with Crippen LogP contribution in [0.3, 0.4) is 0 Å². The van der Waals surface area contributed by atoms with Crippen LogP contribution in [0, 0.1) is 17.0 Å². The number of aryl methyl sites for hydroxylation is 1. The fraction of sp³-hybridized carbons (Fsp3) is 0.120. The Morgan fingerprint density at radius 1 is 1.12 bits per heavy atom. The van der Waals surface area contributed by atoms with Gasteiger partial charge in [-0.25, -0.2) is 0 Å². The lowest BCUT2D eigenvalue weighted by Crippen LogP contribution is -2.29. The van der Waals surface area contributed by atoms with Gasteiger partial charge in [0.25, 0.3) is 5.69 Å². The third-order valence-corrected chi connectivity index (χ3v) is 7.01. The highest BCUT2D eigenvalue weighted by atomic mass is 79.9. The van der Waals surface area contributed by atoms with Crippen molar-refractivity contribution in [2.24, 2.45) is 0 Å². The van der Waals surface area contributed by atoms with Gasteiger partial charge in [0.2, 0.25) is 0 Å². The first-order valence-corrected chi connectivity index (χ1v) is 11.7. The van der Waals surface area contributed by atoms with Crippen molar-refractivity contribution in [3.05, 3.63) is 111 Å². The van der Waals surface area contributed by atoms with Crippen LogP contribution < -0.4 is 10.2 Å². The largest absolute Gasteiger partial charge is 0.459 e.